The Hall–Kier alpha value is -2.49. The number of nitrogen functional groups attached to an aromatic ring is 1. The minimum atomic E-state index is -0.517. The van der Waals surface area contributed by atoms with E-state index in [0.717, 1.165) is 5.56 Å². The van der Waals surface area contributed by atoms with E-state index in [0.29, 0.717) is 23.5 Å². The van der Waals surface area contributed by atoms with E-state index < -0.39 is 6.10 Å². The van der Waals surface area contributed by atoms with Crippen LogP contribution in [0.15, 0.2) is 48.5 Å². The van der Waals surface area contributed by atoms with Gasteiger partial charge in [-0.25, -0.2) is 0 Å². The van der Waals surface area contributed by atoms with Gasteiger partial charge in [-0.2, -0.15) is 0 Å². The fourth-order valence-corrected chi connectivity index (χ4v) is 2.12. The summed E-state index contributed by atoms with van der Waals surface area (Å²) in [4.78, 5) is 12.0. The molecule has 4 nitrogen and oxygen atoms in total. The maximum atomic E-state index is 12.0. The van der Waals surface area contributed by atoms with Crippen LogP contribution in [0, 0.1) is 0 Å². The molecule has 1 unspecified atom stereocenters. The third-order valence-corrected chi connectivity index (χ3v) is 3.09. The summed E-state index contributed by atoms with van der Waals surface area (Å²) in [6.45, 7) is 0. The fraction of sp³-hybridized carbons (Fsp3) is 0.133. The first-order chi connectivity index (χ1) is 9.22. The predicted molar refractivity (Wildman–Crippen MR) is 74.0 cm³/mol. The molecule has 96 valence electrons. The molecular formula is C15H14N2O2. The molecular weight excluding hydrogens is 240 g/mol. The monoisotopic (exact) mass is 254 g/mol. The Bertz CT molecular complexity index is 611. The average Bonchev–Trinajstić information content (AvgIpc) is 2.41. The molecule has 0 aliphatic carbocycles. The summed E-state index contributed by atoms with van der Waals surface area (Å²) in [5.41, 5.74) is 8.08. The van der Waals surface area contributed by atoms with Crippen LogP contribution in [0.5, 0.6) is 5.75 Å². The van der Waals surface area contributed by atoms with Crippen molar-refractivity contribution in [2.24, 2.45) is 0 Å². The predicted octanol–water partition coefficient (Wildman–Crippen LogP) is 2.21. The van der Waals surface area contributed by atoms with Crippen LogP contribution < -0.4 is 15.8 Å². The SMILES string of the molecule is Nc1ccc2c(c1)OC(Cc1ccccc1)C(=O)N2. The lowest BCUT2D eigenvalue weighted by atomic mass is 10.1. The number of nitrogens with two attached hydrogens (primary N) is 1. The smallest absolute Gasteiger partial charge is 0.265 e. The number of anilines is 2. The van der Waals surface area contributed by atoms with Gasteiger partial charge in [0, 0.05) is 18.2 Å². The van der Waals surface area contributed by atoms with E-state index in [-0.39, 0.29) is 5.91 Å². The van der Waals surface area contributed by atoms with Crippen molar-refractivity contribution in [1.29, 1.82) is 0 Å². The molecule has 1 aliphatic rings. The van der Waals surface area contributed by atoms with Crippen molar-refractivity contribution in [3.63, 3.8) is 0 Å². The topological polar surface area (TPSA) is 64.3 Å². The molecule has 0 aromatic heterocycles. The number of amides is 1. The van der Waals surface area contributed by atoms with Crippen LogP contribution in [0.4, 0.5) is 11.4 Å². The van der Waals surface area contributed by atoms with Crippen molar-refractivity contribution in [1.82, 2.24) is 0 Å². The summed E-state index contributed by atoms with van der Waals surface area (Å²) in [6, 6.07) is 15.0. The van der Waals surface area contributed by atoms with Crippen molar-refractivity contribution >= 4 is 17.3 Å². The minimum absolute atomic E-state index is 0.124. The molecule has 1 heterocycles. The van der Waals surface area contributed by atoms with Crippen molar-refractivity contribution in [3.05, 3.63) is 54.1 Å². The Morgan fingerprint density at radius 1 is 1.16 bits per heavy atom. The van der Waals surface area contributed by atoms with E-state index in [1.807, 2.05) is 30.3 Å². The van der Waals surface area contributed by atoms with Gasteiger partial charge in [-0.3, -0.25) is 4.79 Å². The van der Waals surface area contributed by atoms with E-state index in [1.165, 1.54) is 0 Å². The normalized spacial score (nSPS) is 17.3. The van der Waals surface area contributed by atoms with Gasteiger partial charge in [0.25, 0.3) is 5.91 Å². The quantitative estimate of drug-likeness (QED) is 0.807. The summed E-state index contributed by atoms with van der Waals surface area (Å²) in [5.74, 6) is 0.502. The zero-order chi connectivity index (χ0) is 13.2. The van der Waals surface area contributed by atoms with Crippen molar-refractivity contribution in [2.75, 3.05) is 11.1 Å². The molecule has 2 aromatic rings. The Labute approximate surface area is 111 Å². The van der Waals surface area contributed by atoms with Gasteiger partial charge in [-0.1, -0.05) is 30.3 Å². The van der Waals surface area contributed by atoms with Gasteiger partial charge in [-0.15, -0.1) is 0 Å². The molecule has 0 fully saturated rings. The highest BCUT2D eigenvalue weighted by Gasteiger charge is 2.27. The van der Waals surface area contributed by atoms with E-state index in [9.17, 15) is 4.79 Å². The highest BCUT2D eigenvalue weighted by molar-refractivity contribution is 5.98. The van der Waals surface area contributed by atoms with Gasteiger partial charge in [-0.05, 0) is 17.7 Å². The summed E-state index contributed by atoms with van der Waals surface area (Å²) >= 11 is 0. The van der Waals surface area contributed by atoms with E-state index in [4.69, 9.17) is 10.5 Å². The first-order valence-electron chi connectivity index (χ1n) is 6.13. The summed E-state index contributed by atoms with van der Waals surface area (Å²) in [7, 11) is 0. The average molecular weight is 254 g/mol. The lowest BCUT2D eigenvalue weighted by Crippen LogP contribution is -2.38. The second-order valence-electron chi connectivity index (χ2n) is 4.54. The molecule has 1 amide bonds. The van der Waals surface area contributed by atoms with E-state index >= 15 is 0 Å². The molecule has 0 saturated carbocycles. The van der Waals surface area contributed by atoms with Gasteiger partial charge in [0.1, 0.15) is 5.75 Å². The second kappa shape index (κ2) is 4.65. The molecule has 3 rings (SSSR count). The maximum absolute atomic E-state index is 12.0. The van der Waals surface area contributed by atoms with Crippen LogP contribution in [-0.4, -0.2) is 12.0 Å². The highest BCUT2D eigenvalue weighted by atomic mass is 16.5. The second-order valence-corrected chi connectivity index (χ2v) is 4.54. The van der Waals surface area contributed by atoms with Crippen LogP contribution in [0.2, 0.25) is 0 Å². The Balaban J connectivity index is 1.83. The van der Waals surface area contributed by atoms with Crippen LogP contribution in [0.3, 0.4) is 0 Å². The molecule has 0 bridgehead atoms. The number of ether oxygens (including phenoxy) is 1. The van der Waals surface area contributed by atoms with E-state index in [2.05, 4.69) is 5.32 Å². The number of nitrogens with one attached hydrogen (secondary N) is 1. The minimum Gasteiger partial charge on any atom is -0.478 e. The van der Waals surface area contributed by atoms with Gasteiger partial charge < -0.3 is 15.8 Å². The van der Waals surface area contributed by atoms with Crippen molar-refractivity contribution < 1.29 is 9.53 Å². The highest BCUT2D eigenvalue weighted by Crippen LogP contribution is 2.32. The third-order valence-electron chi connectivity index (χ3n) is 3.09. The molecule has 0 radical (unpaired) electrons. The Morgan fingerprint density at radius 2 is 1.95 bits per heavy atom. The Kier molecular flexibility index (Phi) is 2.83. The number of rotatable bonds is 2. The number of hydrogen-bond acceptors (Lipinski definition) is 3. The molecule has 2 aromatic carbocycles. The zero-order valence-electron chi connectivity index (χ0n) is 10.3. The van der Waals surface area contributed by atoms with Gasteiger partial charge >= 0.3 is 0 Å². The molecule has 1 atom stereocenters. The third kappa shape index (κ3) is 2.38. The summed E-state index contributed by atoms with van der Waals surface area (Å²) in [6.07, 6.45) is 0.0256. The fourth-order valence-electron chi connectivity index (χ4n) is 2.12. The van der Waals surface area contributed by atoms with Crippen LogP contribution >= 0.6 is 0 Å². The van der Waals surface area contributed by atoms with Crippen LogP contribution in [-0.2, 0) is 11.2 Å². The first kappa shape index (κ1) is 11.6. The van der Waals surface area contributed by atoms with Gasteiger partial charge in [0.15, 0.2) is 6.10 Å². The number of carbonyl (C=O) groups is 1. The molecule has 1 aliphatic heterocycles. The largest absolute Gasteiger partial charge is 0.478 e. The molecule has 3 N–H and O–H groups in total. The number of carbonyl (C=O) groups excluding carboxylic acids is 1. The first-order valence-corrected chi connectivity index (χ1v) is 6.13. The lowest BCUT2D eigenvalue weighted by Gasteiger charge is -2.26. The number of benzene rings is 2. The van der Waals surface area contributed by atoms with E-state index in [1.54, 1.807) is 18.2 Å². The van der Waals surface area contributed by atoms with Crippen LogP contribution in [0.1, 0.15) is 5.56 Å². The number of fused-ring (bicyclic) bond motifs is 1. The van der Waals surface area contributed by atoms with Crippen LogP contribution in [0.25, 0.3) is 0 Å². The standard InChI is InChI=1S/C15H14N2O2/c16-11-6-7-12-13(9-11)19-14(15(18)17-12)8-10-4-2-1-3-5-10/h1-7,9,14H,8,16H2,(H,17,18). The molecule has 0 spiro atoms. The van der Waals surface area contributed by atoms with Gasteiger partial charge in [0.2, 0.25) is 0 Å². The van der Waals surface area contributed by atoms with Gasteiger partial charge in [0.05, 0.1) is 5.69 Å². The maximum Gasteiger partial charge on any atom is 0.265 e. The van der Waals surface area contributed by atoms with Crippen molar-refractivity contribution in [2.45, 2.75) is 12.5 Å². The molecule has 19 heavy (non-hydrogen) atoms. The van der Waals surface area contributed by atoms with Crippen molar-refractivity contribution in [3.8, 4) is 5.75 Å². The summed E-state index contributed by atoms with van der Waals surface area (Å²) in [5, 5.41) is 2.84. The Morgan fingerprint density at radius 3 is 2.74 bits per heavy atom. The zero-order valence-corrected chi connectivity index (χ0v) is 10.3. The number of hydrogen-bond donors (Lipinski definition) is 2. The molecule has 4 heteroatoms. The lowest BCUT2D eigenvalue weighted by molar-refractivity contribution is -0.123. The summed E-state index contributed by atoms with van der Waals surface area (Å²) < 4.78 is 5.74. The molecule has 0 saturated heterocycles.